The Morgan fingerprint density at radius 1 is 0.912 bits per heavy atom. The number of carbonyl (C=O) groups is 2. The molecule has 1 amide bonds. The topological polar surface area (TPSA) is 76.1 Å². The van der Waals surface area contributed by atoms with E-state index in [4.69, 9.17) is 32.7 Å². The Hall–Kier alpha value is -3.48. The molecule has 1 N–H and O–H groups in total. The Labute approximate surface area is 205 Å². The summed E-state index contributed by atoms with van der Waals surface area (Å²) in [6.07, 6.45) is 0. The Balaban J connectivity index is 1.65. The molecule has 0 aromatic heterocycles. The van der Waals surface area contributed by atoms with Crippen LogP contribution in [0.15, 0.2) is 72.3 Å². The van der Waals surface area contributed by atoms with Crippen molar-refractivity contribution in [1.82, 2.24) is 4.90 Å². The van der Waals surface area contributed by atoms with Crippen molar-refractivity contribution >= 4 is 40.7 Å². The highest BCUT2D eigenvalue weighted by molar-refractivity contribution is 6.46. The summed E-state index contributed by atoms with van der Waals surface area (Å²) in [6, 6.07) is 18.3. The number of benzene rings is 3. The summed E-state index contributed by atoms with van der Waals surface area (Å²) in [4.78, 5) is 27.8. The molecule has 3 aromatic carbocycles. The van der Waals surface area contributed by atoms with Crippen molar-refractivity contribution in [3.05, 3.63) is 99.0 Å². The zero-order valence-corrected chi connectivity index (χ0v) is 19.3. The number of Topliss-reactive ketones (excluding diaryl/α,β-unsaturated/α-hetero) is 1. The van der Waals surface area contributed by atoms with Crippen LogP contribution in [0.4, 0.5) is 0 Å². The first-order valence-electron chi connectivity index (χ1n) is 10.6. The van der Waals surface area contributed by atoms with Gasteiger partial charge in [0, 0.05) is 12.1 Å². The van der Waals surface area contributed by atoms with E-state index in [1.807, 2.05) is 30.3 Å². The van der Waals surface area contributed by atoms with Gasteiger partial charge in [0.2, 0.25) is 0 Å². The van der Waals surface area contributed by atoms with E-state index in [2.05, 4.69) is 0 Å². The third-order valence-electron chi connectivity index (χ3n) is 5.81. The first-order chi connectivity index (χ1) is 16.4. The Bertz CT molecular complexity index is 1320. The monoisotopic (exact) mass is 495 g/mol. The molecule has 0 spiro atoms. The lowest BCUT2D eigenvalue weighted by Gasteiger charge is -2.26. The first-order valence-corrected chi connectivity index (χ1v) is 11.4. The summed E-state index contributed by atoms with van der Waals surface area (Å²) in [5, 5.41) is 11.9. The largest absolute Gasteiger partial charge is 0.507 e. The van der Waals surface area contributed by atoms with Gasteiger partial charge >= 0.3 is 0 Å². The molecular formula is C26H19Cl2NO5. The summed E-state index contributed by atoms with van der Waals surface area (Å²) in [5.74, 6) is -0.784. The second-order valence-electron chi connectivity index (χ2n) is 7.94. The molecule has 2 aliphatic heterocycles. The van der Waals surface area contributed by atoms with E-state index in [9.17, 15) is 14.7 Å². The third kappa shape index (κ3) is 4.00. The minimum absolute atomic E-state index is 0.0315. The fraction of sp³-hybridized carbons (Fsp3) is 0.154. The molecule has 0 aliphatic carbocycles. The lowest BCUT2D eigenvalue weighted by atomic mass is 9.95. The van der Waals surface area contributed by atoms with E-state index in [-0.39, 0.29) is 22.9 Å². The van der Waals surface area contributed by atoms with Gasteiger partial charge in [-0.1, -0.05) is 59.6 Å². The molecule has 5 rings (SSSR count). The number of aliphatic hydroxyl groups is 1. The SMILES string of the molecule is O=C1C(=O)N(Cc2ccccc2)[C@H](c2ccc(Cl)c(Cl)c2)C1=C(O)c1ccc2c(c1)OCCO2. The normalized spacial score (nSPS) is 18.9. The van der Waals surface area contributed by atoms with Gasteiger partial charge in [0.1, 0.15) is 19.0 Å². The fourth-order valence-electron chi connectivity index (χ4n) is 4.20. The number of rotatable bonds is 4. The molecule has 0 radical (unpaired) electrons. The molecule has 0 unspecified atom stereocenters. The summed E-state index contributed by atoms with van der Waals surface area (Å²) < 4.78 is 11.2. The van der Waals surface area contributed by atoms with Gasteiger partial charge in [-0.3, -0.25) is 9.59 Å². The second-order valence-corrected chi connectivity index (χ2v) is 8.76. The van der Waals surface area contributed by atoms with E-state index in [1.54, 1.807) is 36.4 Å². The molecule has 172 valence electrons. The number of aliphatic hydroxyl groups excluding tert-OH is 1. The molecule has 34 heavy (non-hydrogen) atoms. The van der Waals surface area contributed by atoms with E-state index >= 15 is 0 Å². The van der Waals surface area contributed by atoms with E-state index < -0.39 is 17.7 Å². The molecule has 1 saturated heterocycles. The predicted octanol–water partition coefficient (Wildman–Crippen LogP) is 5.39. The van der Waals surface area contributed by atoms with Crippen molar-refractivity contribution in [2.24, 2.45) is 0 Å². The van der Waals surface area contributed by atoms with Crippen LogP contribution in [0, 0.1) is 0 Å². The van der Waals surface area contributed by atoms with Crippen LogP contribution in [0.2, 0.25) is 10.0 Å². The molecule has 0 bridgehead atoms. The molecule has 8 heteroatoms. The summed E-state index contributed by atoms with van der Waals surface area (Å²) in [6.45, 7) is 0.983. The standard InChI is InChI=1S/C26H19Cl2NO5/c27-18-8-6-16(12-19(18)28)23-22(24(30)17-7-9-20-21(13-17)34-11-10-33-20)25(31)26(32)29(23)14-15-4-2-1-3-5-15/h1-9,12-13,23,30H,10-11,14H2/t23-/m1/s1. The van der Waals surface area contributed by atoms with Crippen LogP contribution in [-0.2, 0) is 16.1 Å². The van der Waals surface area contributed by atoms with Gasteiger partial charge < -0.3 is 19.5 Å². The number of amides is 1. The van der Waals surface area contributed by atoms with Gasteiger partial charge in [-0.25, -0.2) is 0 Å². The van der Waals surface area contributed by atoms with Gasteiger partial charge in [0.25, 0.3) is 11.7 Å². The molecule has 6 nitrogen and oxygen atoms in total. The number of fused-ring (bicyclic) bond motifs is 1. The summed E-state index contributed by atoms with van der Waals surface area (Å²) in [5.41, 5.74) is 1.71. The minimum atomic E-state index is -0.858. The molecular weight excluding hydrogens is 477 g/mol. The van der Waals surface area contributed by atoms with Crippen LogP contribution in [0.3, 0.4) is 0 Å². The average Bonchev–Trinajstić information content (AvgIpc) is 3.10. The number of hydrogen-bond acceptors (Lipinski definition) is 5. The molecule has 2 aliphatic rings. The van der Waals surface area contributed by atoms with Crippen LogP contribution < -0.4 is 9.47 Å². The number of hydrogen-bond donors (Lipinski definition) is 1. The maximum absolute atomic E-state index is 13.2. The van der Waals surface area contributed by atoms with Crippen LogP contribution in [-0.4, -0.2) is 34.9 Å². The van der Waals surface area contributed by atoms with Gasteiger partial charge in [0.15, 0.2) is 11.5 Å². The smallest absolute Gasteiger partial charge is 0.295 e. The maximum Gasteiger partial charge on any atom is 0.295 e. The molecule has 1 atom stereocenters. The van der Waals surface area contributed by atoms with Crippen LogP contribution in [0.5, 0.6) is 11.5 Å². The van der Waals surface area contributed by atoms with Crippen molar-refractivity contribution in [2.45, 2.75) is 12.6 Å². The van der Waals surface area contributed by atoms with Crippen molar-refractivity contribution < 1.29 is 24.2 Å². The summed E-state index contributed by atoms with van der Waals surface area (Å²) >= 11 is 12.4. The van der Waals surface area contributed by atoms with Crippen LogP contribution in [0.25, 0.3) is 5.76 Å². The van der Waals surface area contributed by atoms with Crippen molar-refractivity contribution in [3.8, 4) is 11.5 Å². The zero-order chi connectivity index (χ0) is 23.8. The van der Waals surface area contributed by atoms with Gasteiger partial charge in [-0.15, -0.1) is 0 Å². The highest BCUT2D eigenvalue weighted by Crippen LogP contribution is 2.42. The van der Waals surface area contributed by atoms with E-state index in [1.165, 1.54) is 4.90 Å². The number of ketones is 1. The maximum atomic E-state index is 13.2. The number of carbonyl (C=O) groups excluding carboxylic acids is 2. The number of ether oxygens (including phenoxy) is 2. The van der Waals surface area contributed by atoms with Gasteiger partial charge in [0.05, 0.1) is 21.7 Å². The average molecular weight is 496 g/mol. The van der Waals surface area contributed by atoms with Gasteiger partial charge in [-0.2, -0.15) is 0 Å². The fourth-order valence-corrected chi connectivity index (χ4v) is 4.50. The zero-order valence-electron chi connectivity index (χ0n) is 17.8. The highest BCUT2D eigenvalue weighted by Gasteiger charge is 2.46. The van der Waals surface area contributed by atoms with E-state index in [0.29, 0.717) is 40.9 Å². The van der Waals surface area contributed by atoms with Crippen LogP contribution >= 0.6 is 23.2 Å². The number of halogens is 2. The molecule has 1 fully saturated rings. The van der Waals surface area contributed by atoms with Crippen molar-refractivity contribution in [2.75, 3.05) is 13.2 Å². The lowest BCUT2D eigenvalue weighted by molar-refractivity contribution is -0.140. The van der Waals surface area contributed by atoms with Crippen molar-refractivity contribution in [1.29, 1.82) is 0 Å². The minimum Gasteiger partial charge on any atom is -0.507 e. The van der Waals surface area contributed by atoms with Gasteiger partial charge in [-0.05, 0) is 41.5 Å². The Morgan fingerprint density at radius 3 is 2.38 bits per heavy atom. The van der Waals surface area contributed by atoms with Crippen LogP contribution in [0.1, 0.15) is 22.7 Å². The highest BCUT2D eigenvalue weighted by atomic mass is 35.5. The second kappa shape index (κ2) is 9.05. The Morgan fingerprint density at radius 2 is 1.65 bits per heavy atom. The van der Waals surface area contributed by atoms with E-state index in [0.717, 1.165) is 5.56 Å². The molecule has 2 heterocycles. The third-order valence-corrected chi connectivity index (χ3v) is 6.55. The Kier molecular flexibility index (Phi) is 5.94. The molecule has 0 saturated carbocycles. The van der Waals surface area contributed by atoms with Crippen molar-refractivity contribution in [3.63, 3.8) is 0 Å². The quantitative estimate of drug-likeness (QED) is 0.298. The predicted molar refractivity (Wildman–Crippen MR) is 128 cm³/mol. The number of nitrogens with zero attached hydrogens (tertiary/aromatic N) is 1. The summed E-state index contributed by atoms with van der Waals surface area (Å²) in [7, 11) is 0. The molecule has 3 aromatic rings. The lowest BCUT2D eigenvalue weighted by Crippen LogP contribution is -2.29. The number of likely N-dealkylation sites (tertiary alicyclic amines) is 1. The first kappa shape index (κ1) is 22.3.